The minimum atomic E-state index is -0.449. The molecule has 0 spiro atoms. The van der Waals surface area contributed by atoms with Gasteiger partial charge in [0.05, 0.1) is 6.04 Å². The first-order chi connectivity index (χ1) is 9.74. The number of hydrogen-bond acceptors (Lipinski definition) is 3. The van der Waals surface area contributed by atoms with E-state index in [1.165, 1.54) is 12.8 Å². The Morgan fingerprint density at radius 2 is 1.73 bits per heavy atom. The molecule has 2 aliphatic heterocycles. The van der Waals surface area contributed by atoms with Crippen LogP contribution in [0, 0.1) is 5.92 Å². The number of hydrogen-bond donors (Lipinski definition) is 1. The van der Waals surface area contributed by atoms with E-state index in [0.717, 1.165) is 19.0 Å². The average Bonchev–Trinajstić information content (AvgIpc) is 2.31. The summed E-state index contributed by atoms with van der Waals surface area (Å²) in [6.45, 7) is 11.0. The van der Waals surface area contributed by atoms with Crippen LogP contribution in [0.4, 0.5) is 4.79 Å². The van der Waals surface area contributed by atoms with Gasteiger partial charge >= 0.3 is 6.09 Å². The predicted octanol–water partition coefficient (Wildman–Crippen LogP) is 2.27. The molecule has 0 radical (unpaired) electrons. The van der Waals surface area contributed by atoms with Crippen molar-refractivity contribution in [3.63, 3.8) is 0 Å². The lowest BCUT2D eigenvalue weighted by molar-refractivity contribution is 0.00892. The van der Waals surface area contributed by atoms with Crippen LogP contribution in [0.25, 0.3) is 0 Å². The highest BCUT2D eigenvalue weighted by atomic mass is 127. The van der Waals surface area contributed by atoms with Crippen LogP contribution in [0.2, 0.25) is 0 Å². The molecule has 0 aromatic carbocycles. The van der Waals surface area contributed by atoms with Gasteiger partial charge in [-0.1, -0.05) is 6.92 Å². The Bertz CT molecular complexity index is 408. The van der Waals surface area contributed by atoms with Crippen LogP contribution in [-0.2, 0) is 4.74 Å². The zero-order valence-electron chi connectivity index (χ0n) is 14.0. The fourth-order valence-electron chi connectivity index (χ4n) is 2.52. The molecule has 2 aliphatic rings. The third-order valence-corrected chi connectivity index (χ3v) is 3.94. The monoisotopic (exact) mass is 424 g/mol. The number of carbonyl (C=O) groups is 1. The second-order valence-electron chi connectivity index (χ2n) is 7.20. The fourth-order valence-corrected chi connectivity index (χ4v) is 2.52. The first-order valence-corrected chi connectivity index (χ1v) is 7.81. The number of amides is 1. The van der Waals surface area contributed by atoms with Crippen LogP contribution < -0.4 is 5.73 Å². The fraction of sp³-hybridized carbons (Fsp3) is 0.867. The van der Waals surface area contributed by atoms with Gasteiger partial charge < -0.3 is 20.3 Å². The van der Waals surface area contributed by atoms with Crippen LogP contribution in [0.15, 0.2) is 4.99 Å². The van der Waals surface area contributed by atoms with E-state index in [-0.39, 0.29) is 36.1 Å². The van der Waals surface area contributed by atoms with Gasteiger partial charge in [-0.2, -0.15) is 0 Å². The summed E-state index contributed by atoms with van der Waals surface area (Å²) >= 11 is 0. The molecule has 128 valence electrons. The molecular weight excluding hydrogens is 395 g/mol. The smallest absolute Gasteiger partial charge is 0.410 e. The van der Waals surface area contributed by atoms with Crippen molar-refractivity contribution in [2.24, 2.45) is 16.6 Å². The maximum absolute atomic E-state index is 11.8. The molecule has 2 saturated heterocycles. The number of ether oxygens (including phenoxy) is 1. The molecule has 2 N–H and O–H groups in total. The standard InChI is InChI=1S/C15H28N4O2.HI/c1-11-5-7-18(8-6-11)13(16)17-12-9-19(10-12)14(20)21-15(2,3)4;/h11-12H,5-10H2,1-4H3,(H2,16,17);1H. The lowest BCUT2D eigenvalue weighted by Gasteiger charge is -2.39. The van der Waals surface area contributed by atoms with E-state index in [1.807, 2.05) is 20.8 Å². The van der Waals surface area contributed by atoms with Crippen molar-refractivity contribution in [1.29, 1.82) is 0 Å². The highest BCUT2D eigenvalue weighted by Gasteiger charge is 2.34. The Hall–Kier alpha value is -0.730. The van der Waals surface area contributed by atoms with Gasteiger partial charge in [-0.05, 0) is 39.5 Å². The third kappa shape index (κ3) is 5.48. The minimum absolute atomic E-state index is 0. The Morgan fingerprint density at radius 3 is 2.23 bits per heavy atom. The molecule has 0 bridgehead atoms. The van der Waals surface area contributed by atoms with Crippen molar-refractivity contribution in [3.05, 3.63) is 0 Å². The van der Waals surface area contributed by atoms with E-state index in [1.54, 1.807) is 4.90 Å². The summed E-state index contributed by atoms with van der Waals surface area (Å²) in [5.41, 5.74) is 5.62. The van der Waals surface area contributed by atoms with Crippen molar-refractivity contribution in [3.8, 4) is 0 Å². The highest BCUT2D eigenvalue weighted by Crippen LogP contribution is 2.19. The van der Waals surface area contributed by atoms with Gasteiger partial charge in [0.2, 0.25) is 0 Å². The average molecular weight is 424 g/mol. The molecular formula is C15H29IN4O2. The number of rotatable bonds is 1. The summed E-state index contributed by atoms with van der Waals surface area (Å²) in [6, 6.07) is 0.108. The van der Waals surface area contributed by atoms with Gasteiger partial charge in [-0.15, -0.1) is 24.0 Å². The summed E-state index contributed by atoms with van der Waals surface area (Å²) < 4.78 is 5.32. The number of nitrogens with two attached hydrogens (primary N) is 1. The summed E-state index contributed by atoms with van der Waals surface area (Å²) in [4.78, 5) is 20.2. The van der Waals surface area contributed by atoms with Gasteiger partial charge in [-0.25, -0.2) is 9.79 Å². The van der Waals surface area contributed by atoms with Crippen molar-refractivity contribution in [2.75, 3.05) is 26.2 Å². The van der Waals surface area contributed by atoms with Gasteiger partial charge in [0.25, 0.3) is 0 Å². The number of likely N-dealkylation sites (tertiary alicyclic amines) is 2. The zero-order valence-corrected chi connectivity index (χ0v) is 16.4. The van der Waals surface area contributed by atoms with Crippen LogP contribution >= 0.6 is 24.0 Å². The predicted molar refractivity (Wildman–Crippen MR) is 98.6 cm³/mol. The maximum Gasteiger partial charge on any atom is 0.410 e. The second-order valence-corrected chi connectivity index (χ2v) is 7.20. The normalized spacial score (nSPS) is 21.2. The third-order valence-electron chi connectivity index (χ3n) is 3.94. The first kappa shape index (κ1) is 19.3. The number of aliphatic imine (C=N–C) groups is 1. The van der Waals surface area contributed by atoms with Crippen LogP contribution in [0.3, 0.4) is 0 Å². The summed E-state index contributed by atoms with van der Waals surface area (Å²) in [5.74, 6) is 1.40. The highest BCUT2D eigenvalue weighted by molar-refractivity contribution is 14.0. The first-order valence-electron chi connectivity index (χ1n) is 7.81. The van der Waals surface area contributed by atoms with Gasteiger partial charge in [0.15, 0.2) is 5.96 Å². The number of carbonyl (C=O) groups excluding carboxylic acids is 1. The zero-order chi connectivity index (χ0) is 15.6. The van der Waals surface area contributed by atoms with Crippen LogP contribution in [0.1, 0.15) is 40.5 Å². The largest absolute Gasteiger partial charge is 0.444 e. The molecule has 0 aromatic rings. The summed E-state index contributed by atoms with van der Waals surface area (Å²) in [6.07, 6.45) is 2.08. The molecule has 0 aromatic heterocycles. The van der Waals surface area contributed by atoms with Crippen molar-refractivity contribution < 1.29 is 9.53 Å². The Balaban J connectivity index is 0.00000242. The van der Waals surface area contributed by atoms with Gasteiger partial charge in [-0.3, -0.25) is 0 Å². The van der Waals surface area contributed by atoms with Crippen molar-refractivity contribution >= 4 is 36.0 Å². The Labute approximate surface area is 150 Å². The minimum Gasteiger partial charge on any atom is -0.444 e. The quantitative estimate of drug-likeness (QED) is 0.398. The molecule has 22 heavy (non-hydrogen) atoms. The molecule has 0 atom stereocenters. The number of piperidine rings is 1. The molecule has 7 heteroatoms. The second kappa shape index (κ2) is 7.70. The van der Waals surface area contributed by atoms with Gasteiger partial charge in [0, 0.05) is 26.2 Å². The number of halogens is 1. The summed E-state index contributed by atoms with van der Waals surface area (Å²) in [5, 5.41) is 0. The van der Waals surface area contributed by atoms with E-state index < -0.39 is 5.60 Å². The van der Waals surface area contributed by atoms with Crippen LogP contribution in [-0.4, -0.2) is 59.7 Å². The van der Waals surface area contributed by atoms with Crippen molar-refractivity contribution in [1.82, 2.24) is 9.80 Å². The van der Waals surface area contributed by atoms with Gasteiger partial charge in [0.1, 0.15) is 5.60 Å². The molecule has 1 amide bonds. The van der Waals surface area contributed by atoms with E-state index in [2.05, 4.69) is 16.8 Å². The maximum atomic E-state index is 11.8. The number of nitrogens with zero attached hydrogens (tertiary/aromatic N) is 3. The molecule has 0 aliphatic carbocycles. The van der Waals surface area contributed by atoms with E-state index in [9.17, 15) is 4.79 Å². The molecule has 6 nitrogen and oxygen atoms in total. The van der Waals surface area contributed by atoms with Crippen molar-refractivity contribution in [2.45, 2.75) is 52.2 Å². The lowest BCUT2D eigenvalue weighted by atomic mass is 10.00. The molecule has 2 fully saturated rings. The van der Waals surface area contributed by atoms with Crippen LogP contribution in [0.5, 0.6) is 0 Å². The molecule has 2 heterocycles. The SMILES string of the molecule is CC1CCN(C(N)=NC2CN(C(=O)OC(C)(C)C)C2)CC1.I. The molecule has 0 unspecified atom stereocenters. The topological polar surface area (TPSA) is 71.2 Å². The van der Waals surface area contributed by atoms with E-state index >= 15 is 0 Å². The Kier molecular flexibility index (Phi) is 6.76. The Morgan fingerprint density at radius 1 is 1.18 bits per heavy atom. The molecule has 2 rings (SSSR count). The molecule has 0 saturated carbocycles. The van der Waals surface area contributed by atoms with E-state index in [0.29, 0.717) is 19.0 Å². The van der Waals surface area contributed by atoms with E-state index in [4.69, 9.17) is 10.5 Å². The number of guanidine groups is 1. The lowest BCUT2D eigenvalue weighted by Crippen LogP contribution is -2.55. The summed E-state index contributed by atoms with van der Waals surface area (Å²) in [7, 11) is 0.